The summed E-state index contributed by atoms with van der Waals surface area (Å²) in [4.78, 5) is 37.1. The van der Waals surface area contributed by atoms with Crippen molar-refractivity contribution in [2.24, 2.45) is 5.92 Å². The number of nitrogens with zero attached hydrogens (tertiary/aromatic N) is 6. The number of pyridine rings is 1. The molecular formula is C22H21ClN6O2. The number of amides is 1. The average Bonchev–Trinajstić information content (AvgIpc) is 2.81. The molecular weight excluding hydrogens is 416 g/mol. The molecule has 2 aliphatic heterocycles. The van der Waals surface area contributed by atoms with Crippen molar-refractivity contribution in [3.8, 4) is 17.4 Å². The van der Waals surface area contributed by atoms with Crippen molar-refractivity contribution in [3.63, 3.8) is 0 Å². The van der Waals surface area contributed by atoms with E-state index in [4.69, 9.17) is 16.3 Å². The molecule has 0 aromatic carbocycles. The van der Waals surface area contributed by atoms with Gasteiger partial charge in [0.25, 0.3) is 5.91 Å². The largest absolute Gasteiger partial charge is 0.458 e. The van der Waals surface area contributed by atoms with E-state index >= 15 is 0 Å². The zero-order valence-corrected chi connectivity index (χ0v) is 17.7. The highest BCUT2D eigenvalue weighted by Gasteiger charge is 2.45. The number of carbonyl (C=O) groups is 1. The summed E-state index contributed by atoms with van der Waals surface area (Å²) in [5.41, 5.74) is 1.78. The Morgan fingerprint density at radius 2 is 1.90 bits per heavy atom. The van der Waals surface area contributed by atoms with Crippen molar-refractivity contribution in [2.75, 3.05) is 6.54 Å². The van der Waals surface area contributed by atoms with Crippen LogP contribution in [0.15, 0.2) is 43.0 Å². The van der Waals surface area contributed by atoms with E-state index in [0.29, 0.717) is 34.6 Å². The molecule has 0 unspecified atom stereocenters. The Bertz CT molecular complexity index is 1090. The van der Waals surface area contributed by atoms with E-state index in [1.165, 1.54) is 12.4 Å². The van der Waals surface area contributed by atoms with Gasteiger partial charge in [0.05, 0.1) is 29.0 Å². The van der Waals surface area contributed by atoms with E-state index < -0.39 is 0 Å². The number of piperidine rings is 2. The summed E-state index contributed by atoms with van der Waals surface area (Å²) in [7, 11) is 0. The first-order valence-corrected chi connectivity index (χ1v) is 10.7. The third-order valence-electron chi connectivity index (χ3n) is 5.88. The van der Waals surface area contributed by atoms with Crippen LogP contribution in [0.25, 0.3) is 11.4 Å². The van der Waals surface area contributed by atoms with Gasteiger partial charge in [-0.25, -0.2) is 24.9 Å². The minimum absolute atomic E-state index is 0.0661. The van der Waals surface area contributed by atoms with Gasteiger partial charge < -0.3 is 9.64 Å². The first kappa shape index (κ1) is 19.8. The molecule has 8 nitrogen and oxygen atoms in total. The third-order valence-corrected chi connectivity index (χ3v) is 6.07. The SMILES string of the molecule is Cc1ccc(-c2ncccn2)c(C(=O)N2C[C@@H]3CC[C@H]2[C@H](Oc2ncc(Cl)cn2)C3)n1. The van der Waals surface area contributed by atoms with Crippen LogP contribution in [0.3, 0.4) is 0 Å². The van der Waals surface area contributed by atoms with Gasteiger partial charge in [0.15, 0.2) is 5.82 Å². The predicted molar refractivity (Wildman–Crippen MR) is 114 cm³/mol. The fourth-order valence-electron chi connectivity index (χ4n) is 4.46. The number of aryl methyl sites for hydroxylation is 1. The molecule has 0 N–H and O–H groups in total. The molecule has 0 spiro atoms. The topological polar surface area (TPSA) is 94.0 Å². The van der Waals surface area contributed by atoms with Crippen molar-refractivity contribution in [1.82, 2.24) is 29.8 Å². The van der Waals surface area contributed by atoms with Crippen LogP contribution in [0.1, 0.15) is 35.4 Å². The molecule has 1 aliphatic carbocycles. The molecule has 3 aliphatic rings. The zero-order valence-electron chi connectivity index (χ0n) is 17.0. The van der Waals surface area contributed by atoms with Crippen molar-refractivity contribution >= 4 is 17.5 Å². The van der Waals surface area contributed by atoms with E-state index in [9.17, 15) is 4.79 Å². The van der Waals surface area contributed by atoms with Gasteiger partial charge in [-0.1, -0.05) is 11.6 Å². The lowest BCUT2D eigenvalue weighted by Crippen LogP contribution is -2.59. The lowest BCUT2D eigenvalue weighted by molar-refractivity contribution is -0.0332. The van der Waals surface area contributed by atoms with Crippen LogP contribution < -0.4 is 4.74 Å². The number of carbonyl (C=O) groups excluding carboxylic acids is 1. The summed E-state index contributed by atoms with van der Waals surface area (Å²) < 4.78 is 6.08. The van der Waals surface area contributed by atoms with Gasteiger partial charge in [-0.15, -0.1) is 0 Å². The molecule has 5 heterocycles. The van der Waals surface area contributed by atoms with E-state index in [2.05, 4.69) is 24.9 Å². The number of hydrogen-bond donors (Lipinski definition) is 0. The molecule has 158 valence electrons. The molecule has 2 saturated heterocycles. The highest BCUT2D eigenvalue weighted by molar-refractivity contribution is 6.30. The van der Waals surface area contributed by atoms with E-state index in [1.807, 2.05) is 24.0 Å². The number of hydrogen-bond acceptors (Lipinski definition) is 7. The van der Waals surface area contributed by atoms with Gasteiger partial charge in [0.1, 0.15) is 11.8 Å². The van der Waals surface area contributed by atoms with Crippen molar-refractivity contribution < 1.29 is 9.53 Å². The van der Waals surface area contributed by atoms with Crippen LogP contribution in [0.2, 0.25) is 5.02 Å². The molecule has 1 amide bonds. The third kappa shape index (κ3) is 3.95. The lowest BCUT2D eigenvalue weighted by Gasteiger charge is -2.49. The van der Waals surface area contributed by atoms with Crippen LogP contribution >= 0.6 is 11.6 Å². The number of rotatable bonds is 4. The second kappa shape index (κ2) is 8.19. The molecule has 9 heteroatoms. The lowest BCUT2D eigenvalue weighted by atomic mass is 9.77. The summed E-state index contributed by atoms with van der Waals surface area (Å²) in [5.74, 6) is 0.738. The highest BCUT2D eigenvalue weighted by atomic mass is 35.5. The van der Waals surface area contributed by atoms with Crippen LogP contribution in [0.5, 0.6) is 6.01 Å². The van der Waals surface area contributed by atoms with Gasteiger partial charge in [-0.2, -0.15) is 0 Å². The molecule has 6 rings (SSSR count). The summed E-state index contributed by atoms with van der Waals surface area (Å²) in [6.45, 7) is 2.56. The first-order valence-electron chi connectivity index (χ1n) is 10.3. The summed E-state index contributed by atoms with van der Waals surface area (Å²) in [5, 5.41) is 0.454. The smallest absolute Gasteiger partial charge is 0.316 e. The zero-order chi connectivity index (χ0) is 21.4. The molecule has 3 aromatic heterocycles. The van der Waals surface area contributed by atoms with Crippen LogP contribution in [0.4, 0.5) is 0 Å². The Morgan fingerprint density at radius 1 is 1.13 bits per heavy atom. The maximum atomic E-state index is 13.7. The maximum Gasteiger partial charge on any atom is 0.316 e. The van der Waals surface area contributed by atoms with Gasteiger partial charge in [0, 0.05) is 24.6 Å². The number of halogens is 1. The fraction of sp³-hybridized carbons (Fsp3) is 0.364. The summed E-state index contributed by atoms with van der Waals surface area (Å²) in [6, 6.07) is 5.69. The Labute approximate surface area is 184 Å². The molecule has 3 fully saturated rings. The van der Waals surface area contributed by atoms with Crippen LogP contribution in [-0.4, -0.2) is 54.4 Å². The average molecular weight is 437 g/mol. The van der Waals surface area contributed by atoms with Gasteiger partial charge in [-0.05, 0) is 50.3 Å². The monoisotopic (exact) mass is 436 g/mol. The van der Waals surface area contributed by atoms with E-state index in [0.717, 1.165) is 25.0 Å². The second-order valence-electron chi connectivity index (χ2n) is 7.97. The van der Waals surface area contributed by atoms with Crippen molar-refractivity contribution in [2.45, 2.75) is 38.3 Å². The highest BCUT2D eigenvalue weighted by Crippen LogP contribution is 2.38. The van der Waals surface area contributed by atoms with E-state index in [-0.39, 0.29) is 24.1 Å². The maximum absolute atomic E-state index is 13.7. The Balaban J connectivity index is 1.44. The Kier molecular flexibility index (Phi) is 5.23. The Morgan fingerprint density at radius 3 is 2.65 bits per heavy atom. The molecule has 3 atom stereocenters. The van der Waals surface area contributed by atoms with E-state index in [1.54, 1.807) is 18.5 Å². The molecule has 1 saturated carbocycles. The summed E-state index contributed by atoms with van der Waals surface area (Å²) in [6.07, 6.45) is 9.00. The molecule has 31 heavy (non-hydrogen) atoms. The Hall–Kier alpha value is -3.13. The van der Waals surface area contributed by atoms with Crippen LogP contribution in [0, 0.1) is 12.8 Å². The van der Waals surface area contributed by atoms with Gasteiger partial charge >= 0.3 is 6.01 Å². The first-order chi connectivity index (χ1) is 15.1. The van der Waals surface area contributed by atoms with Crippen molar-refractivity contribution in [3.05, 3.63) is 59.4 Å². The van der Waals surface area contributed by atoms with Crippen LogP contribution in [-0.2, 0) is 0 Å². The standard InChI is InChI=1S/C22H21ClN6O2/c1-13-3-5-16(20-24-7-2-8-25-20)19(28-13)21(30)29-12-14-4-6-17(29)18(9-14)31-22-26-10-15(23)11-27-22/h2-3,5,7-8,10-11,14,17-18H,4,6,9,12H2,1H3/t14-,17+,18-/m1/s1. The molecule has 2 bridgehead atoms. The number of fused-ring (bicyclic) bond motifs is 3. The fourth-order valence-corrected chi connectivity index (χ4v) is 4.56. The number of ether oxygens (including phenoxy) is 1. The van der Waals surface area contributed by atoms with Gasteiger partial charge in [0.2, 0.25) is 0 Å². The minimum Gasteiger partial charge on any atom is -0.458 e. The molecule has 3 aromatic rings. The second-order valence-corrected chi connectivity index (χ2v) is 8.40. The summed E-state index contributed by atoms with van der Waals surface area (Å²) >= 11 is 5.88. The normalized spacial score (nSPS) is 22.4. The minimum atomic E-state index is -0.168. The quantitative estimate of drug-likeness (QED) is 0.618. The van der Waals surface area contributed by atoms with Gasteiger partial charge in [-0.3, -0.25) is 4.79 Å². The van der Waals surface area contributed by atoms with Crippen molar-refractivity contribution in [1.29, 1.82) is 0 Å². The number of aromatic nitrogens is 5. The predicted octanol–water partition coefficient (Wildman–Crippen LogP) is 3.36. The molecule has 0 radical (unpaired) electrons.